The number of anilines is 1. The number of ether oxygens (including phenoxy) is 1. The lowest BCUT2D eigenvalue weighted by Gasteiger charge is -2.28. The third-order valence-corrected chi connectivity index (χ3v) is 7.78. The highest BCUT2D eigenvalue weighted by molar-refractivity contribution is 5.66. The Bertz CT molecular complexity index is 1010. The van der Waals surface area contributed by atoms with Crippen LogP contribution in [0.15, 0.2) is 24.3 Å². The van der Waals surface area contributed by atoms with Crippen molar-refractivity contribution in [1.82, 2.24) is 15.1 Å². The number of aryl methyl sites for hydroxylation is 2. The zero-order valence-electron chi connectivity index (χ0n) is 19.9. The molecule has 0 bridgehead atoms. The molecule has 8 heteroatoms. The molecule has 2 aromatic rings. The van der Waals surface area contributed by atoms with E-state index in [0.717, 1.165) is 75.7 Å². The second kappa shape index (κ2) is 9.46. The average molecular weight is 475 g/mol. The molecule has 184 valence electrons. The Balaban J connectivity index is 1.26. The van der Waals surface area contributed by atoms with Crippen LogP contribution in [0, 0.1) is 31.6 Å². The Hall–Kier alpha value is -2.19. The number of nitrogens with zero attached hydrogens (tertiary/aromatic N) is 3. The number of halogens is 3. The number of aromatic nitrogens is 2. The maximum absolute atomic E-state index is 14.0. The van der Waals surface area contributed by atoms with Crippen molar-refractivity contribution in [3.8, 4) is 11.3 Å². The quantitative estimate of drug-likeness (QED) is 0.635. The first-order chi connectivity index (χ1) is 16.3. The van der Waals surface area contributed by atoms with Crippen LogP contribution in [0.3, 0.4) is 0 Å². The number of rotatable bonds is 5. The minimum Gasteiger partial charge on any atom is -0.381 e. The lowest BCUT2D eigenvalue weighted by atomic mass is 10.00. The fourth-order valence-electron chi connectivity index (χ4n) is 6.10. The van der Waals surface area contributed by atoms with Crippen molar-refractivity contribution in [2.24, 2.45) is 17.8 Å². The molecule has 0 amide bonds. The van der Waals surface area contributed by atoms with Crippen LogP contribution in [-0.2, 0) is 10.9 Å². The Morgan fingerprint density at radius 2 is 1.74 bits per heavy atom. The van der Waals surface area contributed by atoms with Crippen LogP contribution in [0.2, 0.25) is 0 Å². The van der Waals surface area contributed by atoms with E-state index in [4.69, 9.17) is 4.74 Å². The van der Waals surface area contributed by atoms with Crippen molar-refractivity contribution < 1.29 is 17.9 Å². The molecule has 3 heterocycles. The van der Waals surface area contributed by atoms with Gasteiger partial charge in [0.05, 0.1) is 5.69 Å². The minimum atomic E-state index is -4.50. The van der Waals surface area contributed by atoms with Gasteiger partial charge in [-0.05, 0) is 68.9 Å². The van der Waals surface area contributed by atoms with Crippen LogP contribution in [-0.4, -0.2) is 54.0 Å². The summed E-state index contributed by atoms with van der Waals surface area (Å²) in [5.74, 6) is 1.63. The lowest BCUT2D eigenvalue weighted by molar-refractivity contribution is -0.137. The number of hydrogen-bond acceptors (Lipinski definition) is 5. The van der Waals surface area contributed by atoms with Gasteiger partial charge in [0.2, 0.25) is 0 Å². The Morgan fingerprint density at radius 3 is 2.38 bits per heavy atom. The first kappa shape index (κ1) is 23.5. The summed E-state index contributed by atoms with van der Waals surface area (Å²) >= 11 is 0. The van der Waals surface area contributed by atoms with Gasteiger partial charge in [0.15, 0.2) is 5.82 Å². The van der Waals surface area contributed by atoms with Gasteiger partial charge in [-0.2, -0.15) is 13.2 Å². The second-order valence-electron chi connectivity index (χ2n) is 10.4. The van der Waals surface area contributed by atoms with Crippen molar-refractivity contribution in [3.05, 3.63) is 41.0 Å². The molecule has 1 saturated carbocycles. The van der Waals surface area contributed by atoms with Crippen molar-refractivity contribution >= 4 is 5.82 Å². The fourth-order valence-corrected chi connectivity index (χ4v) is 6.10. The number of hydrogen-bond donors (Lipinski definition) is 1. The Labute approximate surface area is 199 Å². The third-order valence-electron chi connectivity index (χ3n) is 7.78. The molecular weight excluding hydrogens is 441 g/mol. The van der Waals surface area contributed by atoms with E-state index in [1.54, 1.807) is 0 Å². The molecule has 2 aliphatic heterocycles. The van der Waals surface area contributed by atoms with Crippen molar-refractivity contribution in [2.45, 2.75) is 51.7 Å². The maximum atomic E-state index is 14.0. The predicted molar refractivity (Wildman–Crippen MR) is 126 cm³/mol. The Kier molecular flexibility index (Phi) is 6.55. The highest BCUT2D eigenvalue weighted by Gasteiger charge is 2.43. The standard InChI is InChI=1S/C26H33F3N4O/c1-16-3-4-22(17(2)9-16)24-12-23(26(27,28)29)25(32-31-24)30-21-10-19-14-33(15-20(19)11-21)13-18-5-7-34-8-6-18/h3-4,9,12,18-21H,5-8,10-11,13-15H2,1-2H3,(H,30,32)/t19-,20+,21-. The molecule has 5 nitrogen and oxygen atoms in total. The molecule has 3 atom stereocenters. The molecule has 1 N–H and O–H groups in total. The van der Waals surface area contributed by atoms with E-state index >= 15 is 0 Å². The summed E-state index contributed by atoms with van der Waals surface area (Å²) in [6.45, 7) is 8.78. The van der Waals surface area contributed by atoms with Gasteiger partial charge in [0.1, 0.15) is 5.56 Å². The zero-order valence-corrected chi connectivity index (χ0v) is 19.9. The lowest BCUT2D eigenvalue weighted by Crippen LogP contribution is -2.32. The largest absolute Gasteiger partial charge is 0.420 e. The predicted octanol–water partition coefficient (Wildman–Crippen LogP) is 5.33. The summed E-state index contributed by atoms with van der Waals surface area (Å²) in [5, 5.41) is 11.3. The minimum absolute atomic E-state index is 0.00240. The summed E-state index contributed by atoms with van der Waals surface area (Å²) in [4.78, 5) is 2.56. The normalized spacial score (nSPS) is 26.1. The van der Waals surface area contributed by atoms with Crippen LogP contribution >= 0.6 is 0 Å². The van der Waals surface area contributed by atoms with E-state index in [0.29, 0.717) is 23.3 Å². The van der Waals surface area contributed by atoms with Crippen molar-refractivity contribution in [1.29, 1.82) is 0 Å². The van der Waals surface area contributed by atoms with Crippen LogP contribution in [0.4, 0.5) is 19.0 Å². The molecule has 5 rings (SSSR count). The van der Waals surface area contributed by atoms with Crippen LogP contribution < -0.4 is 5.32 Å². The molecule has 1 aliphatic carbocycles. The topological polar surface area (TPSA) is 50.3 Å². The summed E-state index contributed by atoms with van der Waals surface area (Å²) in [6, 6.07) is 6.78. The molecule has 3 fully saturated rings. The van der Waals surface area contributed by atoms with Crippen molar-refractivity contribution in [3.63, 3.8) is 0 Å². The number of fused-ring (bicyclic) bond motifs is 1. The Morgan fingerprint density at radius 1 is 1.03 bits per heavy atom. The third kappa shape index (κ3) is 5.08. The molecule has 2 saturated heterocycles. The molecular formula is C26H33F3N4O. The zero-order chi connectivity index (χ0) is 23.9. The van der Waals surface area contributed by atoms with Crippen LogP contribution in [0.5, 0.6) is 0 Å². The average Bonchev–Trinajstić information content (AvgIpc) is 3.32. The first-order valence-electron chi connectivity index (χ1n) is 12.4. The van der Waals surface area contributed by atoms with E-state index in [9.17, 15) is 13.2 Å². The molecule has 1 aromatic heterocycles. The molecule has 0 radical (unpaired) electrons. The summed E-state index contributed by atoms with van der Waals surface area (Å²) < 4.78 is 47.4. The van der Waals surface area contributed by atoms with E-state index < -0.39 is 11.7 Å². The molecule has 34 heavy (non-hydrogen) atoms. The van der Waals surface area contributed by atoms with E-state index in [2.05, 4.69) is 20.4 Å². The second-order valence-corrected chi connectivity index (χ2v) is 10.4. The summed E-state index contributed by atoms with van der Waals surface area (Å²) in [6.07, 6.45) is -0.472. The number of alkyl halides is 3. The number of benzene rings is 1. The van der Waals surface area contributed by atoms with Crippen molar-refractivity contribution in [2.75, 3.05) is 38.2 Å². The molecule has 1 aromatic carbocycles. The van der Waals surface area contributed by atoms with Gasteiger partial charge >= 0.3 is 6.18 Å². The van der Waals surface area contributed by atoms with Crippen LogP contribution in [0.1, 0.15) is 42.4 Å². The smallest absolute Gasteiger partial charge is 0.381 e. The highest BCUT2D eigenvalue weighted by atomic mass is 19.4. The SMILES string of the molecule is Cc1ccc(-c2cc(C(F)(F)F)c(N[C@@H]3C[C@@H]4CN(CC5CCOCC5)C[C@@H]4C3)nn2)c(C)c1. The first-order valence-corrected chi connectivity index (χ1v) is 12.4. The molecule has 3 aliphatic rings. The summed E-state index contributed by atoms with van der Waals surface area (Å²) in [5.41, 5.74) is 2.13. The fraction of sp³-hybridized carbons (Fsp3) is 0.615. The maximum Gasteiger partial charge on any atom is 0.420 e. The number of likely N-dealkylation sites (tertiary alicyclic amines) is 1. The van der Waals surface area contributed by atoms with Gasteiger partial charge in [-0.3, -0.25) is 0 Å². The molecule has 0 unspecified atom stereocenters. The summed E-state index contributed by atoms with van der Waals surface area (Å²) in [7, 11) is 0. The van der Waals surface area contributed by atoms with Crippen LogP contribution in [0.25, 0.3) is 11.3 Å². The van der Waals surface area contributed by atoms with E-state index in [-0.39, 0.29) is 17.6 Å². The monoisotopic (exact) mass is 474 g/mol. The van der Waals surface area contributed by atoms with Gasteiger partial charge in [0.25, 0.3) is 0 Å². The van der Waals surface area contributed by atoms with Gasteiger partial charge < -0.3 is 15.0 Å². The van der Waals surface area contributed by atoms with Gasteiger partial charge in [-0.15, -0.1) is 10.2 Å². The highest BCUT2D eigenvalue weighted by Crippen LogP contribution is 2.42. The van der Waals surface area contributed by atoms with E-state index in [1.807, 2.05) is 32.0 Å². The van der Waals surface area contributed by atoms with Gasteiger partial charge in [-0.25, -0.2) is 0 Å². The number of nitrogens with one attached hydrogen (secondary N) is 1. The van der Waals surface area contributed by atoms with Gasteiger partial charge in [-0.1, -0.05) is 23.8 Å². The molecule has 0 spiro atoms. The van der Waals surface area contributed by atoms with Gasteiger partial charge in [0, 0.05) is 44.5 Å². The van der Waals surface area contributed by atoms with E-state index in [1.165, 1.54) is 0 Å².